The van der Waals surface area contributed by atoms with Gasteiger partial charge in [-0.1, -0.05) is 18.2 Å². The lowest BCUT2D eigenvalue weighted by molar-refractivity contribution is 1.20. The van der Waals surface area contributed by atoms with E-state index in [2.05, 4.69) is 52.0 Å². The molecule has 3 heteroatoms. The summed E-state index contributed by atoms with van der Waals surface area (Å²) in [6, 6.07) is 8.38. The van der Waals surface area contributed by atoms with Gasteiger partial charge in [0.25, 0.3) is 0 Å². The van der Waals surface area contributed by atoms with Crippen LogP contribution in [0.1, 0.15) is 0 Å². The van der Waals surface area contributed by atoms with Crippen molar-refractivity contribution in [3.63, 3.8) is 0 Å². The molecule has 1 aromatic heterocycles. The van der Waals surface area contributed by atoms with Crippen molar-refractivity contribution in [1.29, 1.82) is 0 Å². The molecule has 0 amide bonds. The van der Waals surface area contributed by atoms with Crippen LogP contribution in [0.25, 0.3) is 10.9 Å². The van der Waals surface area contributed by atoms with Crippen molar-refractivity contribution in [1.82, 2.24) is 4.98 Å². The third kappa shape index (κ3) is 1.13. The molecule has 1 aliphatic rings. The van der Waals surface area contributed by atoms with Crippen LogP contribution < -0.4 is 4.90 Å². The maximum absolute atomic E-state index is 3.28. The van der Waals surface area contributed by atoms with E-state index >= 15 is 0 Å². The zero-order valence-corrected chi connectivity index (χ0v) is 8.42. The standard InChI is InChI=1S/C11H10N2S/c1-2-4-10-9(3-1)11(7-12-10)13-5-6-14-8-13/h1-7,12H,8H2. The maximum Gasteiger partial charge on any atom is 0.0724 e. The fraction of sp³-hybridized carbons (Fsp3) is 0.0909. The summed E-state index contributed by atoms with van der Waals surface area (Å²) in [6.07, 6.45) is 4.20. The van der Waals surface area contributed by atoms with Crippen molar-refractivity contribution in [3.05, 3.63) is 42.1 Å². The Hall–Kier alpha value is -1.35. The first-order valence-corrected chi connectivity index (χ1v) is 5.61. The Morgan fingerprint density at radius 3 is 3.07 bits per heavy atom. The number of anilines is 1. The van der Waals surface area contributed by atoms with E-state index in [9.17, 15) is 0 Å². The zero-order chi connectivity index (χ0) is 9.38. The summed E-state index contributed by atoms with van der Waals surface area (Å²) in [7, 11) is 0. The Morgan fingerprint density at radius 2 is 2.21 bits per heavy atom. The van der Waals surface area contributed by atoms with Gasteiger partial charge in [0.2, 0.25) is 0 Å². The molecular formula is C11H10N2S. The molecule has 0 aliphatic carbocycles. The molecule has 0 spiro atoms. The van der Waals surface area contributed by atoms with Crippen molar-refractivity contribution in [3.8, 4) is 0 Å². The Balaban J connectivity index is 2.16. The molecular weight excluding hydrogens is 192 g/mol. The molecule has 1 N–H and O–H groups in total. The minimum Gasteiger partial charge on any atom is -0.359 e. The molecule has 0 saturated heterocycles. The van der Waals surface area contributed by atoms with Gasteiger partial charge in [-0.05, 0) is 11.5 Å². The van der Waals surface area contributed by atoms with Crippen molar-refractivity contribution >= 4 is 28.4 Å². The first kappa shape index (κ1) is 8.00. The van der Waals surface area contributed by atoms with Gasteiger partial charge in [0.05, 0.1) is 11.6 Å². The average Bonchev–Trinajstić information content (AvgIpc) is 2.85. The molecule has 2 aromatic rings. The highest BCUT2D eigenvalue weighted by Gasteiger charge is 2.11. The van der Waals surface area contributed by atoms with Crippen LogP contribution in [0.2, 0.25) is 0 Å². The second kappa shape index (κ2) is 3.10. The molecule has 0 atom stereocenters. The summed E-state index contributed by atoms with van der Waals surface area (Å²) in [6.45, 7) is 0. The summed E-state index contributed by atoms with van der Waals surface area (Å²) in [4.78, 5) is 5.53. The monoisotopic (exact) mass is 202 g/mol. The molecule has 1 aliphatic heterocycles. The number of rotatable bonds is 1. The van der Waals surface area contributed by atoms with Gasteiger partial charge in [0.15, 0.2) is 0 Å². The highest BCUT2D eigenvalue weighted by atomic mass is 32.2. The number of hydrogen-bond donors (Lipinski definition) is 1. The third-order valence-electron chi connectivity index (χ3n) is 2.43. The number of benzene rings is 1. The minimum absolute atomic E-state index is 1.02. The lowest BCUT2D eigenvalue weighted by Gasteiger charge is -2.12. The number of H-pyrrole nitrogens is 1. The van der Waals surface area contributed by atoms with E-state index in [1.165, 1.54) is 16.6 Å². The fourth-order valence-corrected chi connectivity index (χ4v) is 2.43. The minimum atomic E-state index is 1.02. The van der Waals surface area contributed by atoms with Crippen molar-refractivity contribution in [2.75, 3.05) is 10.8 Å². The normalized spacial score (nSPS) is 15.6. The SMILES string of the molecule is C1=CN(c2c[nH]c3ccccc23)CS1. The molecule has 3 rings (SSSR count). The lowest BCUT2D eigenvalue weighted by Crippen LogP contribution is -2.09. The highest BCUT2D eigenvalue weighted by molar-refractivity contribution is 8.02. The number of aromatic nitrogens is 1. The number of hydrogen-bond acceptors (Lipinski definition) is 2. The summed E-state index contributed by atoms with van der Waals surface area (Å²) < 4.78 is 0. The predicted octanol–water partition coefficient (Wildman–Crippen LogP) is 3.15. The number of nitrogens with zero attached hydrogens (tertiary/aromatic N) is 1. The molecule has 2 nitrogen and oxygen atoms in total. The van der Waals surface area contributed by atoms with Crippen molar-refractivity contribution < 1.29 is 0 Å². The van der Waals surface area contributed by atoms with E-state index in [1.807, 2.05) is 11.8 Å². The van der Waals surface area contributed by atoms with Crippen molar-refractivity contribution in [2.24, 2.45) is 0 Å². The van der Waals surface area contributed by atoms with Crippen LogP contribution in [0.3, 0.4) is 0 Å². The van der Waals surface area contributed by atoms with Crippen LogP contribution in [0.4, 0.5) is 5.69 Å². The van der Waals surface area contributed by atoms with Crippen molar-refractivity contribution in [2.45, 2.75) is 0 Å². The van der Waals surface area contributed by atoms with E-state index < -0.39 is 0 Å². The molecule has 0 bridgehead atoms. The highest BCUT2D eigenvalue weighted by Crippen LogP contribution is 2.30. The molecule has 0 saturated carbocycles. The smallest absolute Gasteiger partial charge is 0.0724 e. The Labute approximate surface area is 86.6 Å². The van der Waals surface area contributed by atoms with Crippen LogP contribution >= 0.6 is 11.8 Å². The quantitative estimate of drug-likeness (QED) is 0.766. The van der Waals surface area contributed by atoms with Crippen LogP contribution in [-0.2, 0) is 0 Å². The lowest BCUT2D eigenvalue weighted by atomic mass is 10.2. The number of fused-ring (bicyclic) bond motifs is 1. The Bertz CT molecular complexity index is 487. The van der Waals surface area contributed by atoms with E-state index in [1.54, 1.807) is 0 Å². The molecule has 0 fully saturated rings. The largest absolute Gasteiger partial charge is 0.359 e. The number of nitrogens with one attached hydrogen (secondary N) is 1. The first-order valence-electron chi connectivity index (χ1n) is 4.56. The number of aromatic amines is 1. The van der Waals surface area contributed by atoms with Gasteiger partial charge in [0, 0.05) is 23.3 Å². The van der Waals surface area contributed by atoms with Gasteiger partial charge in [-0.2, -0.15) is 0 Å². The topological polar surface area (TPSA) is 19.0 Å². The average molecular weight is 202 g/mol. The second-order valence-electron chi connectivity index (χ2n) is 3.27. The van der Waals surface area contributed by atoms with Crippen LogP contribution in [0.5, 0.6) is 0 Å². The third-order valence-corrected chi connectivity index (χ3v) is 3.17. The summed E-state index contributed by atoms with van der Waals surface area (Å²) >= 11 is 1.82. The van der Waals surface area contributed by atoms with E-state index in [-0.39, 0.29) is 0 Å². The molecule has 14 heavy (non-hydrogen) atoms. The fourth-order valence-electron chi connectivity index (χ4n) is 1.73. The molecule has 0 unspecified atom stereocenters. The van der Waals surface area contributed by atoms with Gasteiger partial charge in [-0.3, -0.25) is 0 Å². The molecule has 0 radical (unpaired) electrons. The van der Waals surface area contributed by atoms with Gasteiger partial charge in [-0.25, -0.2) is 0 Å². The van der Waals surface area contributed by atoms with E-state index in [0.29, 0.717) is 0 Å². The van der Waals surface area contributed by atoms with Gasteiger partial charge in [-0.15, -0.1) is 11.8 Å². The second-order valence-corrected chi connectivity index (χ2v) is 4.13. The summed E-state index contributed by atoms with van der Waals surface area (Å²) in [5.41, 5.74) is 2.47. The summed E-state index contributed by atoms with van der Waals surface area (Å²) in [5, 5.41) is 3.42. The maximum atomic E-state index is 3.28. The van der Waals surface area contributed by atoms with Crippen LogP contribution in [-0.4, -0.2) is 10.9 Å². The summed E-state index contributed by atoms with van der Waals surface area (Å²) in [5.74, 6) is 1.02. The van der Waals surface area contributed by atoms with Crippen LogP contribution in [0.15, 0.2) is 42.1 Å². The van der Waals surface area contributed by atoms with E-state index in [4.69, 9.17) is 0 Å². The molecule has 2 heterocycles. The molecule has 1 aromatic carbocycles. The van der Waals surface area contributed by atoms with Gasteiger partial charge < -0.3 is 9.88 Å². The predicted molar refractivity (Wildman–Crippen MR) is 62.4 cm³/mol. The zero-order valence-electron chi connectivity index (χ0n) is 7.60. The first-order chi connectivity index (χ1) is 6.95. The Morgan fingerprint density at radius 1 is 1.29 bits per heavy atom. The van der Waals surface area contributed by atoms with Gasteiger partial charge in [0.1, 0.15) is 0 Å². The Kier molecular flexibility index (Phi) is 1.77. The number of thioether (sulfide) groups is 1. The van der Waals surface area contributed by atoms with Crippen LogP contribution in [0, 0.1) is 0 Å². The number of para-hydroxylation sites is 1. The van der Waals surface area contributed by atoms with Gasteiger partial charge >= 0.3 is 0 Å². The molecule has 70 valence electrons. The van der Waals surface area contributed by atoms with E-state index in [0.717, 1.165) is 5.88 Å².